The van der Waals surface area contributed by atoms with E-state index in [1.807, 2.05) is 18.2 Å². The van der Waals surface area contributed by atoms with E-state index in [9.17, 15) is 20.1 Å². The first-order valence-electron chi connectivity index (χ1n) is 7.19. The van der Waals surface area contributed by atoms with E-state index in [1.165, 1.54) is 7.11 Å². The summed E-state index contributed by atoms with van der Waals surface area (Å²) in [5.41, 5.74) is 0.804. The molecule has 0 spiro atoms. The van der Waals surface area contributed by atoms with Crippen molar-refractivity contribution in [3.63, 3.8) is 0 Å². The van der Waals surface area contributed by atoms with Gasteiger partial charge in [-0.05, 0) is 5.56 Å². The Kier molecular flexibility index (Phi) is 6.31. The van der Waals surface area contributed by atoms with Crippen LogP contribution in [-0.4, -0.2) is 65.8 Å². The van der Waals surface area contributed by atoms with Crippen LogP contribution in [0.5, 0.6) is 0 Å². The number of carbonyl (C=O) groups excluding carboxylic acids is 1. The summed E-state index contributed by atoms with van der Waals surface area (Å²) in [4.78, 5) is 11.9. The first kappa shape index (κ1) is 17.6. The standard InChI is InChI=1S/C15H21NO7/c1-21-14-13(19)11(12(18)10(7-17)23-14)16-15(20)22-8-9-5-3-2-4-6-9/h2-6,10-14,17-19H,7-8H2,1H3,(H,16,20)/t10-,11+,12+,13-,14-/m0/s1. The highest BCUT2D eigenvalue weighted by molar-refractivity contribution is 5.67. The lowest BCUT2D eigenvalue weighted by atomic mass is 9.96. The molecule has 1 aliphatic heterocycles. The SMILES string of the molecule is CO[C@H]1O[C@@H](CO)[C@@H](O)[C@@H](NC(=O)OCc2ccccc2)[C@@H]1O. The monoisotopic (exact) mass is 327 g/mol. The van der Waals surface area contributed by atoms with Gasteiger partial charge < -0.3 is 34.8 Å². The summed E-state index contributed by atoms with van der Waals surface area (Å²) in [5.74, 6) is 0. The Labute approximate surface area is 133 Å². The number of hydrogen-bond acceptors (Lipinski definition) is 7. The molecule has 0 bridgehead atoms. The van der Waals surface area contributed by atoms with E-state index in [0.717, 1.165) is 5.56 Å². The summed E-state index contributed by atoms with van der Waals surface area (Å²) >= 11 is 0. The van der Waals surface area contributed by atoms with E-state index in [-0.39, 0.29) is 6.61 Å². The zero-order valence-electron chi connectivity index (χ0n) is 12.7. The number of methoxy groups -OCH3 is 1. The van der Waals surface area contributed by atoms with Gasteiger partial charge in [0.2, 0.25) is 0 Å². The van der Waals surface area contributed by atoms with Gasteiger partial charge in [0, 0.05) is 7.11 Å². The van der Waals surface area contributed by atoms with E-state index < -0.39 is 43.3 Å². The quantitative estimate of drug-likeness (QED) is 0.568. The molecule has 1 aromatic carbocycles. The van der Waals surface area contributed by atoms with Crippen LogP contribution >= 0.6 is 0 Å². The van der Waals surface area contributed by atoms with Crippen molar-refractivity contribution >= 4 is 6.09 Å². The molecule has 128 valence electrons. The molecule has 1 aromatic rings. The average molecular weight is 327 g/mol. The van der Waals surface area contributed by atoms with Gasteiger partial charge in [-0.25, -0.2) is 4.79 Å². The van der Waals surface area contributed by atoms with Gasteiger partial charge in [-0.3, -0.25) is 0 Å². The molecule has 4 N–H and O–H groups in total. The molecular formula is C15H21NO7. The molecule has 1 aliphatic rings. The summed E-state index contributed by atoms with van der Waals surface area (Å²) in [6, 6.07) is 7.99. The molecule has 2 rings (SSSR count). The second-order valence-corrected chi connectivity index (χ2v) is 5.17. The Balaban J connectivity index is 1.94. The van der Waals surface area contributed by atoms with Crippen molar-refractivity contribution in [3.8, 4) is 0 Å². The minimum Gasteiger partial charge on any atom is -0.445 e. The van der Waals surface area contributed by atoms with Crippen LogP contribution in [0.15, 0.2) is 30.3 Å². The molecule has 8 nitrogen and oxygen atoms in total. The van der Waals surface area contributed by atoms with Gasteiger partial charge in [-0.2, -0.15) is 0 Å². The molecule has 0 unspecified atom stereocenters. The second-order valence-electron chi connectivity index (χ2n) is 5.17. The Hall–Kier alpha value is -1.71. The minimum absolute atomic E-state index is 0.0548. The number of hydrogen-bond donors (Lipinski definition) is 4. The van der Waals surface area contributed by atoms with Crippen LogP contribution in [0.4, 0.5) is 4.79 Å². The van der Waals surface area contributed by atoms with Crippen LogP contribution in [0.3, 0.4) is 0 Å². The number of nitrogens with one attached hydrogen (secondary N) is 1. The zero-order valence-corrected chi connectivity index (χ0v) is 12.7. The molecule has 23 heavy (non-hydrogen) atoms. The third kappa shape index (κ3) is 4.40. The number of aliphatic hydroxyl groups is 3. The second kappa shape index (κ2) is 8.23. The lowest BCUT2D eigenvalue weighted by Crippen LogP contribution is -2.64. The van der Waals surface area contributed by atoms with E-state index in [0.29, 0.717) is 0 Å². The van der Waals surface area contributed by atoms with Gasteiger partial charge in [-0.15, -0.1) is 0 Å². The van der Waals surface area contributed by atoms with E-state index in [2.05, 4.69) is 5.32 Å². The predicted octanol–water partition coefficient (Wildman–Crippen LogP) is -0.633. The lowest BCUT2D eigenvalue weighted by molar-refractivity contribution is -0.270. The van der Waals surface area contributed by atoms with Gasteiger partial charge in [0.15, 0.2) is 6.29 Å². The molecule has 1 saturated heterocycles. The topological polar surface area (TPSA) is 117 Å². The minimum atomic E-state index is -1.30. The van der Waals surface area contributed by atoms with Crippen molar-refractivity contribution in [1.29, 1.82) is 0 Å². The van der Waals surface area contributed by atoms with Gasteiger partial charge in [0.25, 0.3) is 0 Å². The normalized spacial score (nSPS) is 30.7. The molecule has 1 heterocycles. The Morgan fingerprint density at radius 2 is 1.96 bits per heavy atom. The summed E-state index contributed by atoms with van der Waals surface area (Å²) in [6.45, 7) is -0.426. The zero-order chi connectivity index (χ0) is 16.8. The van der Waals surface area contributed by atoms with E-state index in [1.54, 1.807) is 12.1 Å². The van der Waals surface area contributed by atoms with Gasteiger partial charge in [0.05, 0.1) is 12.6 Å². The summed E-state index contributed by atoms with van der Waals surface area (Å²) < 4.78 is 15.2. The number of carbonyl (C=O) groups is 1. The Morgan fingerprint density at radius 1 is 1.26 bits per heavy atom. The maximum absolute atomic E-state index is 11.9. The molecule has 1 amide bonds. The Bertz CT molecular complexity index is 482. The van der Waals surface area contributed by atoms with Gasteiger partial charge in [0.1, 0.15) is 24.9 Å². The molecule has 0 radical (unpaired) electrons. The smallest absolute Gasteiger partial charge is 0.407 e. The van der Waals surface area contributed by atoms with E-state index >= 15 is 0 Å². The predicted molar refractivity (Wildman–Crippen MR) is 78.3 cm³/mol. The fourth-order valence-corrected chi connectivity index (χ4v) is 2.35. The fourth-order valence-electron chi connectivity index (χ4n) is 2.35. The van der Waals surface area contributed by atoms with Crippen LogP contribution in [0.1, 0.15) is 5.56 Å². The van der Waals surface area contributed by atoms with Crippen molar-refractivity contribution in [3.05, 3.63) is 35.9 Å². The number of ether oxygens (including phenoxy) is 3. The van der Waals surface area contributed by atoms with Crippen molar-refractivity contribution in [2.24, 2.45) is 0 Å². The van der Waals surface area contributed by atoms with Crippen molar-refractivity contribution < 1.29 is 34.3 Å². The maximum atomic E-state index is 11.9. The number of benzene rings is 1. The highest BCUT2D eigenvalue weighted by Crippen LogP contribution is 2.21. The average Bonchev–Trinajstić information content (AvgIpc) is 2.58. The third-order valence-corrected chi connectivity index (χ3v) is 3.61. The largest absolute Gasteiger partial charge is 0.445 e. The first-order chi connectivity index (χ1) is 11.1. The van der Waals surface area contributed by atoms with Crippen molar-refractivity contribution in [2.75, 3.05) is 13.7 Å². The third-order valence-electron chi connectivity index (χ3n) is 3.61. The molecule has 0 aliphatic carbocycles. The van der Waals surface area contributed by atoms with Crippen LogP contribution in [0.2, 0.25) is 0 Å². The Morgan fingerprint density at radius 3 is 2.57 bits per heavy atom. The number of aliphatic hydroxyl groups excluding tert-OH is 3. The molecular weight excluding hydrogens is 306 g/mol. The highest BCUT2D eigenvalue weighted by Gasteiger charge is 2.45. The van der Waals surface area contributed by atoms with Crippen molar-refractivity contribution in [1.82, 2.24) is 5.32 Å². The van der Waals surface area contributed by atoms with Crippen LogP contribution in [0.25, 0.3) is 0 Å². The van der Waals surface area contributed by atoms with Crippen LogP contribution < -0.4 is 5.32 Å². The summed E-state index contributed by atoms with van der Waals surface area (Å²) in [5, 5.41) is 31.7. The number of rotatable bonds is 5. The fraction of sp³-hybridized carbons (Fsp3) is 0.533. The molecule has 1 fully saturated rings. The van der Waals surface area contributed by atoms with Crippen LogP contribution in [0, 0.1) is 0 Å². The van der Waals surface area contributed by atoms with Gasteiger partial charge >= 0.3 is 6.09 Å². The first-order valence-corrected chi connectivity index (χ1v) is 7.19. The number of amides is 1. The highest BCUT2D eigenvalue weighted by atomic mass is 16.7. The summed E-state index contributed by atoms with van der Waals surface area (Å²) in [7, 11) is 1.31. The number of alkyl carbamates (subject to hydrolysis) is 1. The molecule has 0 saturated carbocycles. The molecule has 5 atom stereocenters. The van der Waals surface area contributed by atoms with Crippen molar-refractivity contribution in [2.45, 2.75) is 37.3 Å². The maximum Gasteiger partial charge on any atom is 0.407 e. The van der Waals surface area contributed by atoms with E-state index in [4.69, 9.17) is 14.2 Å². The molecule has 8 heteroatoms. The van der Waals surface area contributed by atoms with Crippen LogP contribution in [-0.2, 0) is 20.8 Å². The summed E-state index contributed by atoms with van der Waals surface area (Å²) in [6.07, 6.45) is -5.46. The molecule has 0 aromatic heterocycles. The lowest BCUT2D eigenvalue weighted by Gasteiger charge is -2.41. The van der Waals surface area contributed by atoms with Gasteiger partial charge in [-0.1, -0.05) is 30.3 Å².